The summed E-state index contributed by atoms with van der Waals surface area (Å²) in [5, 5.41) is 12.4. The van der Waals surface area contributed by atoms with Crippen LogP contribution < -0.4 is 10.1 Å². The Hall–Kier alpha value is -2.14. The van der Waals surface area contributed by atoms with E-state index in [-0.39, 0.29) is 6.61 Å². The van der Waals surface area contributed by atoms with Gasteiger partial charge in [-0.3, -0.25) is 0 Å². The van der Waals surface area contributed by atoms with Gasteiger partial charge in [-0.2, -0.15) is 4.98 Å². The Kier molecular flexibility index (Phi) is 4.90. The first-order valence-corrected chi connectivity index (χ1v) is 6.69. The zero-order valence-electron chi connectivity index (χ0n) is 11.8. The largest absolute Gasteiger partial charge is 0.438 e. The summed E-state index contributed by atoms with van der Waals surface area (Å²) in [6.07, 6.45) is 1.00. The SMILES string of the molecule is CCCNc1nc(C)cc(Oc2ccccc2CO)n1. The first-order chi connectivity index (χ1) is 9.72. The lowest BCUT2D eigenvalue weighted by Crippen LogP contribution is -2.06. The first kappa shape index (κ1) is 14.3. The fourth-order valence-corrected chi connectivity index (χ4v) is 1.75. The number of aliphatic hydroxyl groups is 1. The van der Waals surface area contributed by atoms with Crippen molar-refractivity contribution in [2.24, 2.45) is 0 Å². The van der Waals surface area contributed by atoms with E-state index < -0.39 is 0 Å². The van der Waals surface area contributed by atoms with Gasteiger partial charge in [-0.05, 0) is 19.4 Å². The summed E-state index contributed by atoms with van der Waals surface area (Å²) < 4.78 is 5.75. The van der Waals surface area contributed by atoms with Crippen molar-refractivity contribution in [3.8, 4) is 11.6 Å². The van der Waals surface area contributed by atoms with Crippen LogP contribution in [-0.4, -0.2) is 21.6 Å². The molecule has 1 heterocycles. The van der Waals surface area contributed by atoms with Crippen molar-refractivity contribution in [1.82, 2.24) is 9.97 Å². The molecule has 1 aromatic carbocycles. The van der Waals surface area contributed by atoms with Crippen LogP contribution in [0.4, 0.5) is 5.95 Å². The van der Waals surface area contributed by atoms with E-state index in [1.54, 1.807) is 6.07 Å². The summed E-state index contributed by atoms with van der Waals surface area (Å²) in [5.74, 6) is 1.63. The molecule has 0 spiro atoms. The van der Waals surface area contributed by atoms with Crippen molar-refractivity contribution in [3.63, 3.8) is 0 Å². The highest BCUT2D eigenvalue weighted by molar-refractivity contribution is 5.37. The number of hydrogen-bond acceptors (Lipinski definition) is 5. The summed E-state index contributed by atoms with van der Waals surface area (Å²) in [6, 6.07) is 9.11. The maximum absolute atomic E-state index is 9.30. The van der Waals surface area contributed by atoms with E-state index in [0.717, 1.165) is 24.2 Å². The minimum absolute atomic E-state index is 0.0683. The zero-order valence-corrected chi connectivity index (χ0v) is 11.8. The number of ether oxygens (including phenoxy) is 1. The molecule has 0 bridgehead atoms. The number of nitrogens with one attached hydrogen (secondary N) is 1. The number of rotatable bonds is 6. The number of aliphatic hydroxyl groups excluding tert-OH is 1. The van der Waals surface area contributed by atoms with Gasteiger partial charge < -0.3 is 15.2 Å². The van der Waals surface area contributed by atoms with Crippen molar-refractivity contribution in [3.05, 3.63) is 41.6 Å². The molecule has 5 nitrogen and oxygen atoms in total. The quantitative estimate of drug-likeness (QED) is 0.847. The average molecular weight is 273 g/mol. The maximum atomic E-state index is 9.30. The van der Waals surface area contributed by atoms with E-state index in [9.17, 15) is 5.11 Å². The maximum Gasteiger partial charge on any atom is 0.226 e. The molecule has 0 atom stereocenters. The highest BCUT2D eigenvalue weighted by atomic mass is 16.5. The third-order valence-electron chi connectivity index (χ3n) is 2.72. The molecule has 5 heteroatoms. The Bertz CT molecular complexity index is 573. The summed E-state index contributed by atoms with van der Waals surface area (Å²) in [4.78, 5) is 8.62. The molecule has 2 rings (SSSR count). The lowest BCUT2D eigenvalue weighted by atomic mass is 10.2. The molecule has 0 aliphatic heterocycles. The van der Waals surface area contributed by atoms with Crippen LogP contribution in [0.15, 0.2) is 30.3 Å². The third-order valence-corrected chi connectivity index (χ3v) is 2.72. The Morgan fingerprint density at radius 2 is 2.05 bits per heavy atom. The van der Waals surface area contributed by atoms with Crippen molar-refractivity contribution in [2.75, 3.05) is 11.9 Å². The van der Waals surface area contributed by atoms with Crippen LogP contribution in [0.1, 0.15) is 24.6 Å². The molecule has 106 valence electrons. The molecule has 0 amide bonds. The van der Waals surface area contributed by atoms with E-state index in [4.69, 9.17) is 4.74 Å². The fraction of sp³-hybridized carbons (Fsp3) is 0.333. The number of benzene rings is 1. The van der Waals surface area contributed by atoms with E-state index in [2.05, 4.69) is 22.2 Å². The van der Waals surface area contributed by atoms with Crippen LogP contribution in [0.25, 0.3) is 0 Å². The first-order valence-electron chi connectivity index (χ1n) is 6.69. The van der Waals surface area contributed by atoms with E-state index in [0.29, 0.717) is 17.6 Å². The van der Waals surface area contributed by atoms with E-state index in [1.807, 2.05) is 31.2 Å². The molecule has 1 aromatic heterocycles. The van der Waals surface area contributed by atoms with Gasteiger partial charge in [0.05, 0.1) is 6.61 Å². The van der Waals surface area contributed by atoms with Crippen molar-refractivity contribution < 1.29 is 9.84 Å². The second kappa shape index (κ2) is 6.86. The van der Waals surface area contributed by atoms with Gasteiger partial charge in [-0.1, -0.05) is 25.1 Å². The highest BCUT2D eigenvalue weighted by Gasteiger charge is 2.07. The lowest BCUT2D eigenvalue weighted by Gasteiger charge is -2.10. The van der Waals surface area contributed by atoms with Gasteiger partial charge in [-0.15, -0.1) is 0 Å². The van der Waals surface area contributed by atoms with Crippen molar-refractivity contribution in [1.29, 1.82) is 0 Å². The van der Waals surface area contributed by atoms with Crippen LogP contribution in [-0.2, 0) is 6.61 Å². The lowest BCUT2D eigenvalue weighted by molar-refractivity contribution is 0.276. The second-order valence-electron chi connectivity index (χ2n) is 4.47. The molecular weight excluding hydrogens is 254 g/mol. The number of nitrogens with zero attached hydrogens (tertiary/aromatic N) is 2. The van der Waals surface area contributed by atoms with Gasteiger partial charge in [0.25, 0.3) is 0 Å². The molecule has 0 saturated carbocycles. The molecule has 0 fully saturated rings. The van der Waals surface area contributed by atoms with Crippen molar-refractivity contribution in [2.45, 2.75) is 26.9 Å². The number of anilines is 1. The van der Waals surface area contributed by atoms with Gasteiger partial charge >= 0.3 is 0 Å². The Morgan fingerprint density at radius 3 is 2.80 bits per heavy atom. The number of hydrogen-bond donors (Lipinski definition) is 2. The molecule has 2 N–H and O–H groups in total. The van der Waals surface area contributed by atoms with E-state index >= 15 is 0 Å². The van der Waals surface area contributed by atoms with Crippen LogP contribution in [0, 0.1) is 6.92 Å². The minimum atomic E-state index is -0.0683. The molecule has 0 radical (unpaired) electrons. The van der Waals surface area contributed by atoms with E-state index in [1.165, 1.54) is 0 Å². The zero-order chi connectivity index (χ0) is 14.4. The molecule has 0 unspecified atom stereocenters. The monoisotopic (exact) mass is 273 g/mol. The Balaban J connectivity index is 2.22. The second-order valence-corrected chi connectivity index (χ2v) is 4.47. The molecule has 0 aliphatic carbocycles. The number of aromatic nitrogens is 2. The van der Waals surface area contributed by atoms with Crippen molar-refractivity contribution >= 4 is 5.95 Å². The molecule has 2 aromatic rings. The van der Waals surface area contributed by atoms with Crippen LogP contribution >= 0.6 is 0 Å². The molecule has 20 heavy (non-hydrogen) atoms. The Labute approximate surface area is 118 Å². The smallest absolute Gasteiger partial charge is 0.226 e. The van der Waals surface area contributed by atoms with Crippen LogP contribution in [0.5, 0.6) is 11.6 Å². The van der Waals surface area contributed by atoms with Gasteiger partial charge in [0.1, 0.15) is 5.75 Å². The number of para-hydroxylation sites is 1. The minimum Gasteiger partial charge on any atom is -0.438 e. The summed E-state index contributed by atoms with van der Waals surface area (Å²) in [6.45, 7) is 4.72. The van der Waals surface area contributed by atoms with Gasteiger partial charge in [0.2, 0.25) is 11.8 Å². The van der Waals surface area contributed by atoms with Crippen LogP contribution in [0.2, 0.25) is 0 Å². The van der Waals surface area contributed by atoms with Gasteiger partial charge in [-0.25, -0.2) is 4.98 Å². The topological polar surface area (TPSA) is 67.3 Å². The van der Waals surface area contributed by atoms with Gasteiger partial charge in [0.15, 0.2) is 0 Å². The predicted octanol–water partition coefficient (Wildman–Crippen LogP) is 2.89. The van der Waals surface area contributed by atoms with Gasteiger partial charge in [0, 0.05) is 23.9 Å². The summed E-state index contributed by atoms with van der Waals surface area (Å²) in [7, 11) is 0. The predicted molar refractivity (Wildman–Crippen MR) is 78.0 cm³/mol. The summed E-state index contributed by atoms with van der Waals surface area (Å²) in [5.41, 5.74) is 1.56. The third kappa shape index (κ3) is 3.68. The average Bonchev–Trinajstić information content (AvgIpc) is 2.45. The normalized spacial score (nSPS) is 10.3. The Morgan fingerprint density at radius 1 is 1.25 bits per heavy atom. The number of aryl methyl sites for hydroxylation is 1. The highest BCUT2D eigenvalue weighted by Crippen LogP contribution is 2.24. The van der Waals surface area contributed by atoms with Crippen LogP contribution in [0.3, 0.4) is 0 Å². The molecule has 0 aliphatic rings. The molecule has 0 saturated heterocycles. The molecular formula is C15H19N3O2. The summed E-state index contributed by atoms with van der Waals surface area (Å²) >= 11 is 0. The fourth-order valence-electron chi connectivity index (χ4n) is 1.75. The standard InChI is InChI=1S/C15H19N3O2/c1-3-8-16-15-17-11(2)9-14(18-15)20-13-7-5-4-6-12(13)10-19/h4-7,9,19H,3,8,10H2,1-2H3,(H,16,17,18).